The molecule has 0 aliphatic carbocycles. The van der Waals surface area contributed by atoms with Gasteiger partial charge >= 0.3 is 0 Å². The van der Waals surface area contributed by atoms with Crippen LogP contribution in [0.2, 0.25) is 0 Å². The summed E-state index contributed by atoms with van der Waals surface area (Å²) >= 11 is 0. The molecule has 15 heavy (non-hydrogen) atoms. The van der Waals surface area contributed by atoms with E-state index < -0.39 is 23.7 Å². The number of halogens is 1. The highest BCUT2D eigenvalue weighted by Gasteiger charge is 2.25. The zero-order valence-corrected chi connectivity index (χ0v) is 7.77. The Labute approximate surface area is 85.0 Å². The van der Waals surface area contributed by atoms with Crippen LogP contribution in [0.4, 0.5) is 4.39 Å². The lowest BCUT2D eigenvalue weighted by Gasteiger charge is -2.10. The summed E-state index contributed by atoms with van der Waals surface area (Å²) in [6, 6.07) is 1.40. The van der Waals surface area contributed by atoms with Crippen LogP contribution in [-0.4, -0.2) is 24.1 Å². The van der Waals surface area contributed by atoms with E-state index in [4.69, 9.17) is 15.2 Å². The molecule has 1 fully saturated rings. The molecular weight excluding hydrogens is 203 g/mol. The molecule has 0 atom stereocenters. The van der Waals surface area contributed by atoms with E-state index in [-0.39, 0.29) is 5.56 Å². The summed E-state index contributed by atoms with van der Waals surface area (Å²) in [5, 5.41) is 0. The van der Waals surface area contributed by atoms with E-state index >= 15 is 0 Å². The van der Waals surface area contributed by atoms with Crippen LogP contribution in [0.5, 0.6) is 0 Å². The van der Waals surface area contributed by atoms with E-state index in [0.29, 0.717) is 13.2 Å². The van der Waals surface area contributed by atoms with Crippen LogP contribution in [0.3, 0.4) is 0 Å². The molecule has 1 aromatic heterocycles. The molecular formula is C9H9FN2O3. The van der Waals surface area contributed by atoms with Crippen LogP contribution in [0.1, 0.15) is 22.3 Å². The number of nitrogens with zero attached hydrogens (tertiary/aromatic N) is 1. The maximum absolute atomic E-state index is 13.7. The second kappa shape index (κ2) is 3.92. The van der Waals surface area contributed by atoms with Gasteiger partial charge < -0.3 is 15.2 Å². The number of primary amides is 1. The first kappa shape index (κ1) is 10.0. The highest BCUT2D eigenvalue weighted by molar-refractivity contribution is 5.91. The minimum absolute atomic E-state index is 0.149. The monoisotopic (exact) mass is 212 g/mol. The molecule has 2 heterocycles. The second-order valence-corrected chi connectivity index (χ2v) is 3.00. The number of nitrogens with two attached hydrogens (primary N) is 1. The van der Waals surface area contributed by atoms with Gasteiger partial charge in [0.2, 0.25) is 0 Å². The Hall–Kier alpha value is -1.53. The minimum Gasteiger partial charge on any atom is -0.364 e. The molecule has 1 aromatic rings. The van der Waals surface area contributed by atoms with Crippen molar-refractivity contribution in [1.82, 2.24) is 4.98 Å². The van der Waals surface area contributed by atoms with E-state index in [1.807, 2.05) is 0 Å². The van der Waals surface area contributed by atoms with E-state index in [2.05, 4.69) is 4.98 Å². The first-order valence-electron chi connectivity index (χ1n) is 4.37. The summed E-state index contributed by atoms with van der Waals surface area (Å²) in [7, 11) is 0. The van der Waals surface area contributed by atoms with Crippen molar-refractivity contribution in [2.24, 2.45) is 5.73 Å². The van der Waals surface area contributed by atoms with Gasteiger partial charge in [-0.25, -0.2) is 9.37 Å². The average Bonchev–Trinajstić information content (AvgIpc) is 2.70. The third-order valence-corrected chi connectivity index (χ3v) is 2.03. The molecule has 0 spiro atoms. The van der Waals surface area contributed by atoms with Crippen LogP contribution < -0.4 is 5.73 Å². The Morgan fingerprint density at radius 3 is 2.80 bits per heavy atom. The highest BCUT2D eigenvalue weighted by atomic mass is 19.1. The number of hydrogen-bond acceptors (Lipinski definition) is 4. The predicted molar refractivity (Wildman–Crippen MR) is 47.4 cm³/mol. The van der Waals surface area contributed by atoms with Crippen LogP contribution in [0.25, 0.3) is 0 Å². The van der Waals surface area contributed by atoms with Crippen molar-refractivity contribution < 1.29 is 18.7 Å². The van der Waals surface area contributed by atoms with Crippen molar-refractivity contribution in [2.75, 3.05) is 13.2 Å². The van der Waals surface area contributed by atoms with E-state index in [1.165, 1.54) is 12.3 Å². The molecule has 1 amide bonds. The normalized spacial score (nSPS) is 16.9. The Bertz CT molecular complexity index is 391. The lowest BCUT2D eigenvalue weighted by Crippen LogP contribution is -2.17. The van der Waals surface area contributed by atoms with Crippen molar-refractivity contribution in [2.45, 2.75) is 6.29 Å². The van der Waals surface area contributed by atoms with Gasteiger partial charge in [0.15, 0.2) is 17.8 Å². The summed E-state index contributed by atoms with van der Waals surface area (Å²) < 4.78 is 23.9. The van der Waals surface area contributed by atoms with Gasteiger partial charge in [0.05, 0.1) is 13.2 Å². The summed E-state index contributed by atoms with van der Waals surface area (Å²) in [6.07, 6.45) is 0.523. The van der Waals surface area contributed by atoms with Crippen LogP contribution in [0, 0.1) is 5.82 Å². The Morgan fingerprint density at radius 2 is 2.20 bits per heavy atom. The molecule has 0 bridgehead atoms. The van der Waals surface area contributed by atoms with E-state index in [0.717, 1.165) is 0 Å². The zero-order chi connectivity index (χ0) is 10.8. The predicted octanol–water partition coefficient (Wildman–Crippen LogP) is 0.365. The lowest BCUT2D eigenvalue weighted by molar-refractivity contribution is -0.0466. The van der Waals surface area contributed by atoms with Crippen molar-refractivity contribution in [1.29, 1.82) is 0 Å². The van der Waals surface area contributed by atoms with Gasteiger partial charge in [0.1, 0.15) is 0 Å². The maximum Gasteiger partial charge on any atom is 0.270 e. The summed E-state index contributed by atoms with van der Waals surface area (Å²) in [6.45, 7) is 0.802. The van der Waals surface area contributed by atoms with E-state index in [1.54, 1.807) is 0 Å². The van der Waals surface area contributed by atoms with Gasteiger partial charge in [-0.05, 0) is 6.07 Å². The molecule has 2 N–H and O–H groups in total. The molecule has 1 aliphatic heterocycles. The maximum atomic E-state index is 13.7. The molecule has 0 radical (unpaired) electrons. The van der Waals surface area contributed by atoms with Gasteiger partial charge in [-0.1, -0.05) is 0 Å². The molecule has 6 heteroatoms. The number of rotatable bonds is 2. The molecule has 0 aromatic carbocycles. The number of amides is 1. The molecule has 0 saturated carbocycles. The average molecular weight is 212 g/mol. The highest BCUT2D eigenvalue weighted by Crippen LogP contribution is 2.26. The van der Waals surface area contributed by atoms with Crippen LogP contribution in [-0.2, 0) is 9.47 Å². The number of carbonyl (C=O) groups excluding carboxylic acids is 1. The number of pyridine rings is 1. The largest absolute Gasteiger partial charge is 0.364 e. The standard InChI is InChI=1S/C9H9FN2O3/c10-6-5(9-14-3-4-15-9)1-2-12-7(6)8(11)13/h1-2,9H,3-4H2,(H2,11,13). The van der Waals surface area contributed by atoms with Crippen molar-refractivity contribution in [3.63, 3.8) is 0 Å². The molecule has 2 rings (SSSR count). The second-order valence-electron chi connectivity index (χ2n) is 3.00. The Morgan fingerprint density at radius 1 is 1.53 bits per heavy atom. The zero-order valence-electron chi connectivity index (χ0n) is 7.77. The minimum atomic E-state index is -0.910. The topological polar surface area (TPSA) is 74.4 Å². The summed E-state index contributed by atoms with van der Waals surface area (Å²) in [5.41, 5.74) is 4.71. The third-order valence-electron chi connectivity index (χ3n) is 2.03. The molecule has 80 valence electrons. The van der Waals surface area contributed by atoms with Crippen LogP contribution >= 0.6 is 0 Å². The smallest absolute Gasteiger partial charge is 0.270 e. The number of carbonyl (C=O) groups is 1. The Kier molecular flexibility index (Phi) is 2.61. The number of ether oxygens (including phenoxy) is 2. The molecule has 0 unspecified atom stereocenters. The Balaban J connectivity index is 2.39. The fraction of sp³-hybridized carbons (Fsp3) is 0.333. The van der Waals surface area contributed by atoms with E-state index in [9.17, 15) is 9.18 Å². The molecule has 5 nitrogen and oxygen atoms in total. The van der Waals surface area contributed by atoms with Gasteiger partial charge in [-0.2, -0.15) is 0 Å². The first-order chi connectivity index (χ1) is 7.20. The third kappa shape index (κ3) is 1.81. The van der Waals surface area contributed by atoms with Crippen molar-refractivity contribution >= 4 is 5.91 Å². The number of hydrogen-bond donors (Lipinski definition) is 1. The first-order valence-corrected chi connectivity index (χ1v) is 4.37. The van der Waals surface area contributed by atoms with Gasteiger partial charge in [-0.3, -0.25) is 4.79 Å². The van der Waals surface area contributed by atoms with Gasteiger partial charge in [0, 0.05) is 11.8 Å². The number of aromatic nitrogens is 1. The van der Waals surface area contributed by atoms with Crippen molar-refractivity contribution in [3.05, 3.63) is 29.3 Å². The van der Waals surface area contributed by atoms with Gasteiger partial charge in [0.25, 0.3) is 5.91 Å². The quantitative estimate of drug-likeness (QED) is 0.768. The molecule has 1 saturated heterocycles. The van der Waals surface area contributed by atoms with Gasteiger partial charge in [-0.15, -0.1) is 0 Å². The fourth-order valence-electron chi connectivity index (χ4n) is 1.35. The fourth-order valence-corrected chi connectivity index (χ4v) is 1.35. The summed E-state index contributed by atoms with van der Waals surface area (Å²) in [4.78, 5) is 14.4. The lowest BCUT2D eigenvalue weighted by atomic mass is 10.2. The van der Waals surface area contributed by atoms with Crippen LogP contribution in [0.15, 0.2) is 12.3 Å². The van der Waals surface area contributed by atoms with Crippen molar-refractivity contribution in [3.8, 4) is 0 Å². The SMILES string of the molecule is NC(=O)c1nccc(C2OCCO2)c1F. The summed E-state index contributed by atoms with van der Waals surface area (Å²) in [5.74, 6) is -1.69. The molecule has 1 aliphatic rings.